The first-order chi connectivity index (χ1) is 13.9. The van der Waals surface area contributed by atoms with Crippen LogP contribution in [-0.2, 0) is 23.9 Å². The van der Waals surface area contributed by atoms with Crippen LogP contribution in [0.4, 0.5) is 0 Å². The minimum atomic E-state index is -0.555. The number of ether oxygens (including phenoxy) is 2. The zero-order valence-electron chi connectivity index (χ0n) is 16.9. The zero-order chi connectivity index (χ0) is 21.2. The third-order valence-corrected chi connectivity index (χ3v) is 4.71. The van der Waals surface area contributed by atoms with Crippen LogP contribution in [0.3, 0.4) is 0 Å². The third-order valence-electron chi connectivity index (χ3n) is 4.71. The molecule has 0 radical (unpaired) electrons. The highest BCUT2D eigenvalue weighted by Gasteiger charge is 2.28. The van der Waals surface area contributed by atoms with Crippen LogP contribution in [0.25, 0.3) is 0 Å². The average Bonchev–Trinajstić information content (AvgIpc) is 2.72. The number of nitrogens with one attached hydrogen (secondary N) is 1. The Kier molecular flexibility index (Phi) is 8.64. The van der Waals surface area contributed by atoms with Crippen LogP contribution < -0.4 is 5.32 Å². The van der Waals surface area contributed by atoms with Crippen LogP contribution in [-0.4, -0.2) is 61.0 Å². The summed E-state index contributed by atoms with van der Waals surface area (Å²) < 4.78 is 10.1. The second-order valence-corrected chi connectivity index (χ2v) is 7.01. The Hall–Kier alpha value is -2.90. The summed E-state index contributed by atoms with van der Waals surface area (Å²) in [4.78, 5) is 49.6. The Labute approximate surface area is 170 Å². The smallest absolute Gasteiger partial charge is 0.309 e. The van der Waals surface area contributed by atoms with E-state index in [9.17, 15) is 19.2 Å². The lowest BCUT2D eigenvalue weighted by Crippen LogP contribution is -2.42. The highest BCUT2D eigenvalue weighted by Crippen LogP contribution is 2.18. The second-order valence-electron chi connectivity index (χ2n) is 7.01. The van der Waals surface area contributed by atoms with E-state index in [0.717, 1.165) is 0 Å². The Morgan fingerprint density at radius 3 is 2.38 bits per heavy atom. The largest absolute Gasteiger partial charge is 0.466 e. The van der Waals surface area contributed by atoms with E-state index in [0.29, 0.717) is 38.1 Å². The second kappa shape index (κ2) is 11.2. The molecule has 1 aromatic carbocycles. The minimum absolute atomic E-state index is 0.0310. The number of hydrogen-bond acceptors (Lipinski definition) is 6. The van der Waals surface area contributed by atoms with E-state index in [-0.39, 0.29) is 36.7 Å². The van der Waals surface area contributed by atoms with E-state index in [1.165, 1.54) is 0 Å². The summed E-state index contributed by atoms with van der Waals surface area (Å²) in [6.07, 6.45) is 1.05. The van der Waals surface area contributed by atoms with Crippen molar-refractivity contribution < 1.29 is 28.7 Å². The molecule has 0 aromatic heterocycles. The minimum Gasteiger partial charge on any atom is -0.466 e. The molecule has 1 aromatic rings. The molecule has 2 rings (SSSR count). The monoisotopic (exact) mass is 404 g/mol. The first-order valence-electron chi connectivity index (χ1n) is 9.86. The molecule has 1 N–H and O–H groups in total. The van der Waals surface area contributed by atoms with E-state index < -0.39 is 12.0 Å². The summed E-state index contributed by atoms with van der Waals surface area (Å²) >= 11 is 0. The lowest BCUT2D eigenvalue weighted by atomic mass is 9.97. The maximum absolute atomic E-state index is 12.2. The number of carbonyl (C=O) groups excluding carboxylic acids is 4. The topological polar surface area (TPSA) is 102 Å². The van der Waals surface area contributed by atoms with Gasteiger partial charge in [0.05, 0.1) is 18.9 Å². The van der Waals surface area contributed by atoms with Crippen LogP contribution in [0.5, 0.6) is 0 Å². The summed E-state index contributed by atoms with van der Waals surface area (Å²) in [7, 11) is 0. The maximum atomic E-state index is 12.2. The van der Waals surface area contributed by atoms with Crippen LogP contribution in [0.2, 0.25) is 0 Å². The molecule has 1 unspecified atom stereocenters. The standard InChI is InChI=1S/C21H28N2O6/c1-3-28-21(27)17-9-11-23(12-10-17)18(24)14-29-19(25)13-15(2)22-20(26)16-7-5-4-6-8-16/h4-8,15,17H,3,9-14H2,1-2H3,(H,22,26). The highest BCUT2D eigenvalue weighted by atomic mass is 16.5. The van der Waals surface area contributed by atoms with E-state index in [1.54, 1.807) is 43.0 Å². The van der Waals surface area contributed by atoms with Crippen molar-refractivity contribution in [2.75, 3.05) is 26.3 Å². The zero-order valence-corrected chi connectivity index (χ0v) is 16.9. The van der Waals surface area contributed by atoms with Gasteiger partial charge in [-0.1, -0.05) is 18.2 Å². The van der Waals surface area contributed by atoms with Crippen molar-refractivity contribution in [3.05, 3.63) is 35.9 Å². The molecular weight excluding hydrogens is 376 g/mol. The molecule has 0 spiro atoms. The third kappa shape index (κ3) is 7.21. The van der Waals surface area contributed by atoms with Crippen molar-refractivity contribution in [1.29, 1.82) is 0 Å². The van der Waals surface area contributed by atoms with Gasteiger partial charge in [0.2, 0.25) is 0 Å². The lowest BCUT2D eigenvalue weighted by Gasteiger charge is -2.30. The molecule has 1 atom stereocenters. The molecule has 29 heavy (non-hydrogen) atoms. The van der Waals surface area contributed by atoms with Gasteiger partial charge in [0, 0.05) is 24.7 Å². The van der Waals surface area contributed by atoms with E-state index in [1.807, 2.05) is 6.07 Å². The quantitative estimate of drug-likeness (QED) is 0.660. The van der Waals surface area contributed by atoms with Gasteiger partial charge < -0.3 is 19.7 Å². The van der Waals surface area contributed by atoms with Gasteiger partial charge in [0.25, 0.3) is 11.8 Å². The number of likely N-dealkylation sites (tertiary alicyclic amines) is 1. The van der Waals surface area contributed by atoms with Crippen molar-refractivity contribution >= 4 is 23.8 Å². The number of nitrogens with zero attached hydrogens (tertiary/aromatic N) is 1. The number of rotatable bonds is 8. The Morgan fingerprint density at radius 2 is 1.76 bits per heavy atom. The molecule has 0 saturated carbocycles. The molecule has 0 bridgehead atoms. The molecule has 1 fully saturated rings. The van der Waals surface area contributed by atoms with Gasteiger partial charge in [-0.3, -0.25) is 19.2 Å². The van der Waals surface area contributed by atoms with Crippen molar-refractivity contribution in [2.45, 2.75) is 39.2 Å². The SMILES string of the molecule is CCOC(=O)C1CCN(C(=O)COC(=O)CC(C)NC(=O)c2ccccc2)CC1. The van der Waals surface area contributed by atoms with Gasteiger partial charge in [0.15, 0.2) is 6.61 Å². The summed E-state index contributed by atoms with van der Waals surface area (Å²) in [5.74, 6) is -1.53. The molecule has 8 nitrogen and oxygen atoms in total. The number of hydrogen-bond donors (Lipinski definition) is 1. The van der Waals surface area contributed by atoms with Gasteiger partial charge >= 0.3 is 11.9 Å². The normalized spacial score (nSPS) is 15.3. The van der Waals surface area contributed by atoms with Gasteiger partial charge in [0.1, 0.15) is 0 Å². The molecule has 0 aliphatic carbocycles. The Balaban J connectivity index is 1.67. The van der Waals surface area contributed by atoms with Crippen LogP contribution in [0, 0.1) is 5.92 Å². The maximum Gasteiger partial charge on any atom is 0.309 e. The van der Waals surface area contributed by atoms with Gasteiger partial charge in [-0.15, -0.1) is 0 Å². The summed E-state index contributed by atoms with van der Waals surface area (Å²) in [6.45, 7) is 4.33. The first kappa shape index (κ1) is 22.4. The number of benzene rings is 1. The van der Waals surface area contributed by atoms with E-state index >= 15 is 0 Å². The highest BCUT2D eigenvalue weighted by molar-refractivity contribution is 5.94. The van der Waals surface area contributed by atoms with Crippen LogP contribution >= 0.6 is 0 Å². The molecule has 1 heterocycles. The van der Waals surface area contributed by atoms with Gasteiger partial charge in [-0.05, 0) is 38.8 Å². The Morgan fingerprint density at radius 1 is 1.10 bits per heavy atom. The Bertz CT molecular complexity index is 713. The first-order valence-corrected chi connectivity index (χ1v) is 9.86. The summed E-state index contributed by atoms with van der Waals surface area (Å²) in [5, 5.41) is 2.72. The summed E-state index contributed by atoms with van der Waals surface area (Å²) in [6, 6.07) is 8.28. The average molecular weight is 404 g/mol. The van der Waals surface area contributed by atoms with Gasteiger partial charge in [-0.2, -0.15) is 0 Å². The predicted molar refractivity (Wildman–Crippen MR) is 105 cm³/mol. The predicted octanol–water partition coefficient (Wildman–Crippen LogP) is 1.54. The molecule has 1 aliphatic heterocycles. The number of piperidine rings is 1. The van der Waals surface area contributed by atoms with E-state index in [4.69, 9.17) is 9.47 Å². The molecule has 8 heteroatoms. The molecule has 158 valence electrons. The number of carbonyl (C=O) groups is 4. The summed E-state index contributed by atoms with van der Waals surface area (Å²) in [5.41, 5.74) is 0.508. The van der Waals surface area contributed by atoms with Gasteiger partial charge in [-0.25, -0.2) is 0 Å². The number of amides is 2. The van der Waals surface area contributed by atoms with Crippen molar-refractivity contribution in [3.8, 4) is 0 Å². The fraction of sp³-hybridized carbons (Fsp3) is 0.524. The number of esters is 2. The molecule has 1 aliphatic rings. The fourth-order valence-electron chi connectivity index (χ4n) is 3.11. The molecule has 1 saturated heterocycles. The fourth-order valence-corrected chi connectivity index (χ4v) is 3.11. The van der Waals surface area contributed by atoms with Crippen LogP contribution in [0.1, 0.15) is 43.5 Å². The van der Waals surface area contributed by atoms with Crippen molar-refractivity contribution in [1.82, 2.24) is 10.2 Å². The molecule has 2 amide bonds. The van der Waals surface area contributed by atoms with E-state index in [2.05, 4.69) is 5.32 Å². The van der Waals surface area contributed by atoms with Crippen LogP contribution in [0.15, 0.2) is 30.3 Å². The van der Waals surface area contributed by atoms with Crippen molar-refractivity contribution in [3.63, 3.8) is 0 Å². The molecular formula is C21H28N2O6. The lowest BCUT2D eigenvalue weighted by molar-refractivity contribution is -0.155. The van der Waals surface area contributed by atoms with Crippen molar-refractivity contribution in [2.24, 2.45) is 5.92 Å².